The van der Waals surface area contributed by atoms with Gasteiger partial charge in [-0.05, 0) is 6.92 Å². The summed E-state index contributed by atoms with van der Waals surface area (Å²) in [5.74, 6) is 1.03. The summed E-state index contributed by atoms with van der Waals surface area (Å²) < 4.78 is 0. The highest BCUT2D eigenvalue weighted by molar-refractivity contribution is 6.14. The van der Waals surface area contributed by atoms with Gasteiger partial charge in [-0.25, -0.2) is 9.98 Å². The number of nitrogens with zero attached hydrogens (tertiary/aromatic N) is 2. The Kier molecular flexibility index (Phi) is 2.06. The second-order valence-electron chi connectivity index (χ2n) is 1.96. The predicted octanol–water partition coefficient (Wildman–Crippen LogP) is 0.350. The zero-order valence-corrected chi connectivity index (χ0v) is 6.33. The molecule has 0 aromatic heterocycles. The smallest absolute Gasteiger partial charge is 0.199 e. The maximum atomic E-state index is 5.40. The second kappa shape index (κ2) is 3.01. The monoisotopic (exact) mass is 150 g/mol. The van der Waals surface area contributed by atoms with Gasteiger partial charge >= 0.3 is 0 Å². The molecular weight excluding hydrogens is 140 g/mol. The van der Waals surface area contributed by atoms with Crippen LogP contribution in [0, 0.1) is 0 Å². The van der Waals surface area contributed by atoms with Crippen molar-refractivity contribution in [2.45, 2.75) is 6.92 Å². The minimum Gasteiger partial charge on any atom is -0.369 e. The van der Waals surface area contributed by atoms with Gasteiger partial charge in [-0.3, -0.25) is 0 Å². The first-order valence-electron chi connectivity index (χ1n) is 3.24. The number of nitrogens with one attached hydrogen (secondary N) is 1. The lowest BCUT2D eigenvalue weighted by atomic mass is 10.4. The van der Waals surface area contributed by atoms with Gasteiger partial charge in [0.05, 0.1) is 0 Å². The number of nitrogens with two attached hydrogens (primary N) is 1. The number of amidine groups is 1. The first-order valence-corrected chi connectivity index (χ1v) is 3.24. The van der Waals surface area contributed by atoms with Crippen molar-refractivity contribution in [1.82, 2.24) is 5.32 Å². The van der Waals surface area contributed by atoms with Gasteiger partial charge in [-0.2, -0.15) is 0 Å². The van der Waals surface area contributed by atoms with Crippen molar-refractivity contribution in [3.05, 3.63) is 24.6 Å². The van der Waals surface area contributed by atoms with Gasteiger partial charge in [0.15, 0.2) is 11.8 Å². The maximum Gasteiger partial charge on any atom is 0.199 e. The van der Waals surface area contributed by atoms with Crippen LogP contribution in [0.15, 0.2) is 34.5 Å². The van der Waals surface area contributed by atoms with Crippen molar-refractivity contribution in [2.75, 3.05) is 0 Å². The fourth-order valence-corrected chi connectivity index (χ4v) is 0.787. The summed E-state index contributed by atoms with van der Waals surface area (Å²) in [6.07, 6.45) is 3.27. The van der Waals surface area contributed by atoms with Crippen LogP contribution in [-0.2, 0) is 0 Å². The Labute approximate surface area is 65.2 Å². The highest BCUT2D eigenvalue weighted by atomic mass is 15.2. The van der Waals surface area contributed by atoms with E-state index in [4.69, 9.17) is 5.73 Å². The third kappa shape index (κ3) is 1.46. The molecule has 0 aromatic carbocycles. The molecule has 0 saturated carbocycles. The molecule has 0 radical (unpaired) electrons. The first-order chi connectivity index (χ1) is 5.27. The van der Waals surface area contributed by atoms with Gasteiger partial charge in [0.2, 0.25) is 0 Å². The molecule has 0 bridgehead atoms. The third-order valence-corrected chi connectivity index (χ3v) is 1.22. The lowest BCUT2D eigenvalue weighted by Gasteiger charge is -1.94. The summed E-state index contributed by atoms with van der Waals surface area (Å²) >= 11 is 0. The second-order valence-corrected chi connectivity index (χ2v) is 1.96. The van der Waals surface area contributed by atoms with Gasteiger partial charge in [-0.15, -0.1) is 0 Å². The summed E-state index contributed by atoms with van der Waals surface area (Å²) in [4.78, 5) is 7.91. The molecule has 4 nitrogen and oxygen atoms in total. The van der Waals surface area contributed by atoms with Gasteiger partial charge in [0.1, 0.15) is 5.70 Å². The minimum absolute atomic E-state index is 0.374. The van der Waals surface area contributed by atoms with Crippen LogP contribution in [0.3, 0.4) is 0 Å². The van der Waals surface area contributed by atoms with Crippen LogP contribution in [0.25, 0.3) is 0 Å². The maximum absolute atomic E-state index is 5.40. The van der Waals surface area contributed by atoms with Crippen LogP contribution in [0.4, 0.5) is 0 Å². The van der Waals surface area contributed by atoms with E-state index in [1.165, 1.54) is 6.20 Å². The molecule has 11 heavy (non-hydrogen) atoms. The zero-order valence-electron chi connectivity index (χ0n) is 6.33. The quantitative estimate of drug-likeness (QED) is 0.566. The van der Waals surface area contributed by atoms with Gasteiger partial charge in [-0.1, -0.05) is 12.7 Å². The Bertz CT molecular complexity index is 260. The summed E-state index contributed by atoms with van der Waals surface area (Å²) in [6, 6.07) is 0. The molecular formula is C7H10N4. The molecule has 0 spiro atoms. The Morgan fingerprint density at radius 3 is 3.00 bits per heavy atom. The average molecular weight is 150 g/mol. The summed E-state index contributed by atoms with van der Waals surface area (Å²) in [5, 5.41) is 2.79. The minimum atomic E-state index is 0.374. The van der Waals surface area contributed by atoms with Crippen LogP contribution in [0.1, 0.15) is 6.92 Å². The van der Waals surface area contributed by atoms with Crippen LogP contribution >= 0.6 is 0 Å². The van der Waals surface area contributed by atoms with E-state index in [9.17, 15) is 0 Å². The van der Waals surface area contributed by atoms with Crippen LogP contribution in [0.2, 0.25) is 0 Å². The molecule has 58 valence electrons. The molecule has 0 aromatic rings. The van der Waals surface area contributed by atoms with Gasteiger partial charge in [0.25, 0.3) is 0 Å². The molecule has 0 unspecified atom stereocenters. The van der Waals surface area contributed by atoms with E-state index in [-0.39, 0.29) is 0 Å². The van der Waals surface area contributed by atoms with Crippen molar-refractivity contribution in [2.24, 2.45) is 15.7 Å². The van der Waals surface area contributed by atoms with E-state index < -0.39 is 0 Å². The highest BCUT2D eigenvalue weighted by Crippen LogP contribution is 2.03. The molecule has 4 heteroatoms. The van der Waals surface area contributed by atoms with Crippen molar-refractivity contribution in [3.63, 3.8) is 0 Å². The van der Waals surface area contributed by atoms with Gasteiger partial charge < -0.3 is 11.1 Å². The molecule has 1 aliphatic heterocycles. The SMILES string of the molecule is C=C/N=C1/NC(N)=N/C1=C/C. The Hall–Kier alpha value is -1.58. The summed E-state index contributed by atoms with van der Waals surface area (Å²) in [5.41, 5.74) is 6.16. The number of guanidine groups is 1. The molecule has 1 aliphatic rings. The molecule has 0 saturated heterocycles. The van der Waals surface area contributed by atoms with Crippen molar-refractivity contribution in [1.29, 1.82) is 0 Å². The lowest BCUT2D eigenvalue weighted by Crippen LogP contribution is -2.30. The van der Waals surface area contributed by atoms with E-state index in [1.54, 1.807) is 0 Å². The summed E-state index contributed by atoms with van der Waals surface area (Å²) in [6.45, 7) is 5.34. The predicted molar refractivity (Wildman–Crippen MR) is 46.1 cm³/mol. The normalized spacial score (nSPS) is 23.5. The summed E-state index contributed by atoms with van der Waals surface area (Å²) in [7, 11) is 0. The van der Waals surface area contributed by atoms with Crippen LogP contribution < -0.4 is 11.1 Å². The van der Waals surface area contributed by atoms with Crippen molar-refractivity contribution < 1.29 is 0 Å². The zero-order chi connectivity index (χ0) is 8.27. The number of hydrogen-bond acceptors (Lipinski definition) is 3. The van der Waals surface area contributed by atoms with E-state index in [0.717, 1.165) is 5.70 Å². The molecule has 0 atom stereocenters. The van der Waals surface area contributed by atoms with Crippen LogP contribution in [-0.4, -0.2) is 11.8 Å². The fourth-order valence-electron chi connectivity index (χ4n) is 0.787. The highest BCUT2D eigenvalue weighted by Gasteiger charge is 2.13. The number of aliphatic imine (C=N–C) groups is 2. The van der Waals surface area contributed by atoms with E-state index in [1.807, 2.05) is 13.0 Å². The van der Waals surface area contributed by atoms with Crippen molar-refractivity contribution >= 4 is 11.8 Å². The standard InChI is InChI=1S/C7H10N4/c1-3-5-6(9-4-2)11-7(8)10-5/h3-4H,2H2,1H3,(H3,8,9,10,11)/b5-3+. The molecule has 0 aliphatic carbocycles. The topological polar surface area (TPSA) is 62.8 Å². The van der Waals surface area contributed by atoms with E-state index in [0.29, 0.717) is 11.8 Å². The van der Waals surface area contributed by atoms with Gasteiger partial charge in [0, 0.05) is 6.20 Å². The largest absolute Gasteiger partial charge is 0.369 e. The van der Waals surface area contributed by atoms with E-state index in [2.05, 4.69) is 21.9 Å². The average Bonchev–Trinajstić information content (AvgIpc) is 2.32. The van der Waals surface area contributed by atoms with Crippen LogP contribution in [0.5, 0.6) is 0 Å². The Morgan fingerprint density at radius 2 is 2.45 bits per heavy atom. The first kappa shape index (κ1) is 7.53. The molecule has 0 fully saturated rings. The third-order valence-electron chi connectivity index (χ3n) is 1.22. The number of allylic oxidation sites excluding steroid dienone is 1. The Balaban J connectivity index is 2.92. The van der Waals surface area contributed by atoms with E-state index >= 15 is 0 Å². The fraction of sp³-hybridized carbons (Fsp3) is 0.143. The molecule has 0 amide bonds. The molecule has 1 rings (SSSR count). The lowest BCUT2D eigenvalue weighted by molar-refractivity contribution is 1.34. The number of rotatable bonds is 1. The number of hydrogen-bond donors (Lipinski definition) is 2. The Morgan fingerprint density at radius 1 is 1.73 bits per heavy atom. The molecule has 3 N–H and O–H groups in total. The van der Waals surface area contributed by atoms with Crippen molar-refractivity contribution in [3.8, 4) is 0 Å². The molecule has 1 heterocycles.